The molecule has 11 heteroatoms. The van der Waals surface area contributed by atoms with E-state index in [4.69, 9.17) is 14.6 Å². The molecule has 0 bridgehead atoms. The smallest absolute Gasteiger partial charge is 0.183 e. The third kappa shape index (κ3) is 3.80. The molecule has 2 heterocycles. The van der Waals surface area contributed by atoms with E-state index in [0.717, 1.165) is 11.8 Å². The number of ether oxygens (including phenoxy) is 2. The van der Waals surface area contributed by atoms with E-state index in [1.807, 2.05) is 0 Å². The van der Waals surface area contributed by atoms with Crippen molar-refractivity contribution in [1.82, 2.24) is 0 Å². The molecule has 0 saturated carbocycles. The fourth-order valence-corrected chi connectivity index (χ4v) is 4.06. The summed E-state index contributed by atoms with van der Waals surface area (Å²) in [4.78, 5) is 0. The van der Waals surface area contributed by atoms with Crippen molar-refractivity contribution in [3.8, 4) is 0 Å². The van der Waals surface area contributed by atoms with E-state index >= 15 is 0 Å². The van der Waals surface area contributed by atoms with Crippen LogP contribution in [0.5, 0.6) is 0 Å². The van der Waals surface area contributed by atoms with Gasteiger partial charge in [-0.2, -0.15) is 0 Å². The van der Waals surface area contributed by atoms with E-state index in [1.54, 1.807) is 0 Å². The first-order chi connectivity index (χ1) is 10.8. The Morgan fingerprint density at radius 1 is 0.652 bits per heavy atom. The van der Waals surface area contributed by atoms with Crippen molar-refractivity contribution >= 4 is 11.8 Å². The molecule has 0 spiro atoms. The Morgan fingerprint density at radius 2 is 1.26 bits per heavy atom. The van der Waals surface area contributed by atoms with Crippen molar-refractivity contribution in [3.63, 3.8) is 0 Å². The molecule has 0 aromatic carbocycles. The zero-order chi connectivity index (χ0) is 17.3. The number of aliphatic hydroxyl groups is 8. The quantitative estimate of drug-likeness (QED) is 0.242. The van der Waals surface area contributed by atoms with Gasteiger partial charge in [0.2, 0.25) is 0 Å². The van der Waals surface area contributed by atoms with E-state index in [9.17, 15) is 35.7 Å². The van der Waals surface area contributed by atoms with E-state index in [0.29, 0.717) is 0 Å². The lowest BCUT2D eigenvalue weighted by Crippen LogP contribution is -2.61. The highest BCUT2D eigenvalue weighted by Crippen LogP contribution is 2.37. The Labute approximate surface area is 135 Å². The van der Waals surface area contributed by atoms with Gasteiger partial charge in [-0.05, 0) is 0 Å². The average Bonchev–Trinajstić information content (AvgIpc) is 2.55. The molecular weight excluding hydrogens is 336 g/mol. The summed E-state index contributed by atoms with van der Waals surface area (Å²) in [6.45, 7) is -1.17. The van der Waals surface area contributed by atoms with Crippen LogP contribution in [0.3, 0.4) is 0 Å². The molecule has 8 N–H and O–H groups in total. The molecule has 10 atom stereocenters. The lowest BCUT2D eigenvalue weighted by Gasteiger charge is -2.44. The van der Waals surface area contributed by atoms with Gasteiger partial charge in [0.25, 0.3) is 0 Å². The Hall–Kier alpha value is -0.0500. The summed E-state index contributed by atoms with van der Waals surface area (Å²) in [7, 11) is 0. The van der Waals surface area contributed by atoms with Gasteiger partial charge in [0.15, 0.2) is 6.29 Å². The maximum Gasteiger partial charge on any atom is 0.183 e. The maximum absolute atomic E-state index is 10.0. The molecule has 2 aliphatic rings. The molecule has 0 radical (unpaired) electrons. The van der Waals surface area contributed by atoms with Gasteiger partial charge in [-0.3, -0.25) is 0 Å². The van der Waals surface area contributed by atoms with Crippen molar-refractivity contribution in [2.45, 2.75) is 59.7 Å². The minimum Gasteiger partial charge on any atom is -0.394 e. The summed E-state index contributed by atoms with van der Waals surface area (Å²) in [5.74, 6) is 0. The summed E-state index contributed by atoms with van der Waals surface area (Å²) in [6, 6.07) is 0. The largest absolute Gasteiger partial charge is 0.394 e. The number of rotatable bonds is 4. The van der Waals surface area contributed by atoms with Gasteiger partial charge in [0.1, 0.15) is 36.0 Å². The molecule has 0 aromatic rings. The second-order valence-electron chi connectivity index (χ2n) is 5.53. The Kier molecular flexibility index (Phi) is 6.61. The van der Waals surface area contributed by atoms with E-state index in [-0.39, 0.29) is 0 Å². The highest BCUT2D eigenvalue weighted by atomic mass is 32.2. The molecule has 0 aromatic heterocycles. The molecule has 2 fully saturated rings. The SMILES string of the molecule is OCC1O[C@@H](S[C@@H]2C(CO)OC(O)C(O)[C@H]2O)C(O)[C@@H](O)[C@@H]1O. The summed E-state index contributed by atoms with van der Waals surface area (Å²) in [5, 5.41) is 76.0. The lowest BCUT2D eigenvalue weighted by atomic mass is 10.0. The normalized spacial score (nSPS) is 51.7. The predicted molar refractivity (Wildman–Crippen MR) is 75.1 cm³/mol. The van der Waals surface area contributed by atoms with Crippen molar-refractivity contribution in [3.05, 3.63) is 0 Å². The highest BCUT2D eigenvalue weighted by molar-refractivity contribution is 8.00. The van der Waals surface area contributed by atoms with E-state index < -0.39 is 72.9 Å². The molecule has 2 saturated heterocycles. The zero-order valence-corrected chi connectivity index (χ0v) is 12.8. The number of hydrogen-bond donors (Lipinski definition) is 8. The summed E-state index contributed by atoms with van der Waals surface area (Å²) in [5.41, 5.74) is -1.16. The fourth-order valence-electron chi connectivity index (χ4n) is 2.57. The molecule has 2 rings (SSSR count). The van der Waals surface area contributed by atoms with Gasteiger partial charge < -0.3 is 50.3 Å². The molecule has 136 valence electrons. The zero-order valence-electron chi connectivity index (χ0n) is 12.0. The van der Waals surface area contributed by atoms with Crippen LogP contribution in [-0.2, 0) is 9.47 Å². The van der Waals surface area contributed by atoms with Crippen LogP contribution in [-0.4, -0.2) is 114 Å². The van der Waals surface area contributed by atoms with Crippen LogP contribution < -0.4 is 0 Å². The Morgan fingerprint density at radius 3 is 1.83 bits per heavy atom. The van der Waals surface area contributed by atoms with E-state index in [1.165, 1.54) is 0 Å². The van der Waals surface area contributed by atoms with E-state index in [2.05, 4.69) is 0 Å². The Bertz CT molecular complexity index is 383. The van der Waals surface area contributed by atoms with Gasteiger partial charge in [-0.15, -0.1) is 11.8 Å². The molecule has 10 nitrogen and oxygen atoms in total. The minimum atomic E-state index is -1.67. The average molecular weight is 358 g/mol. The third-order valence-corrected chi connectivity index (χ3v) is 5.53. The first kappa shape index (κ1) is 19.3. The summed E-state index contributed by atoms with van der Waals surface area (Å²) >= 11 is 0.761. The monoisotopic (exact) mass is 358 g/mol. The second kappa shape index (κ2) is 7.89. The van der Waals surface area contributed by atoms with Crippen molar-refractivity contribution < 1.29 is 50.3 Å². The molecule has 5 unspecified atom stereocenters. The van der Waals surface area contributed by atoms with Crippen LogP contribution in [0.2, 0.25) is 0 Å². The first-order valence-electron chi connectivity index (χ1n) is 7.08. The van der Waals surface area contributed by atoms with Gasteiger partial charge in [-0.25, -0.2) is 0 Å². The number of hydrogen-bond acceptors (Lipinski definition) is 11. The van der Waals surface area contributed by atoms with Crippen LogP contribution in [0.15, 0.2) is 0 Å². The topological polar surface area (TPSA) is 180 Å². The second-order valence-corrected chi connectivity index (χ2v) is 6.81. The number of thioether (sulfide) groups is 1. The molecular formula is C12H22O10S. The van der Waals surface area contributed by atoms with Gasteiger partial charge >= 0.3 is 0 Å². The minimum absolute atomic E-state index is 0.573. The summed E-state index contributed by atoms with van der Waals surface area (Å²) in [6.07, 6.45) is -11.6. The van der Waals surface area contributed by atoms with Crippen LogP contribution in [0.4, 0.5) is 0 Å². The molecule has 0 amide bonds. The number of aliphatic hydroxyl groups excluding tert-OH is 8. The highest BCUT2D eigenvalue weighted by Gasteiger charge is 2.49. The van der Waals surface area contributed by atoms with Crippen molar-refractivity contribution in [2.24, 2.45) is 0 Å². The molecule has 0 aliphatic carbocycles. The lowest BCUT2D eigenvalue weighted by molar-refractivity contribution is -0.249. The van der Waals surface area contributed by atoms with Crippen LogP contribution in [0.1, 0.15) is 0 Å². The maximum atomic E-state index is 10.0. The predicted octanol–water partition coefficient (Wildman–Crippen LogP) is -4.68. The fraction of sp³-hybridized carbons (Fsp3) is 1.00. The molecule has 2 aliphatic heterocycles. The van der Waals surface area contributed by atoms with Crippen LogP contribution >= 0.6 is 11.8 Å². The third-order valence-electron chi connectivity index (χ3n) is 3.98. The first-order valence-corrected chi connectivity index (χ1v) is 8.02. The Balaban J connectivity index is 2.11. The van der Waals surface area contributed by atoms with Crippen molar-refractivity contribution in [2.75, 3.05) is 13.2 Å². The van der Waals surface area contributed by atoms with Crippen LogP contribution in [0, 0.1) is 0 Å². The van der Waals surface area contributed by atoms with Crippen LogP contribution in [0.25, 0.3) is 0 Å². The van der Waals surface area contributed by atoms with Gasteiger partial charge in [0.05, 0.1) is 30.7 Å². The summed E-state index contributed by atoms with van der Waals surface area (Å²) < 4.78 is 10.3. The molecule has 23 heavy (non-hydrogen) atoms. The van der Waals surface area contributed by atoms with Gasteiger partial charge in [-0.1, -0.05) is 0 Å². The standard InChI is InChI=1S/C12H22O10S/c13-1-3-5(15)6(16)9(19)12(22-3)23-10-4(2-14)21-11(20)8(18)7(10)17/h3-20H,1-2H2/t3?,4?,5-,6+,7-,8?,9?,10-,11?,12+/m1/s1. The van der Waals surface area contributed by atoms with Crippen molar-refractivity contribution in [1.29, 1.82) is 0 Å². The van der Waals surface area contributed by atoms with Gasteiger partial charge in [0, 0.05) is 0 Å².